The zero-order valence-electron chi connectivity index (χ0n) is 6.96. The number of rotatable bonds is 4. The van der Waals surface area contributed by atoms with Crippen LogP contribution in [0.3, 0.4) is 0 Å². The molecule has 4 heteroatoms. The van der Waals surface area contributed by atoms with E-state index in [0.717, 1.165) is 0 Å². The molecule has 13 heavy (non-hydrogen) atoms. The predicted molar refractivity (Wildman–Crippen MR) is 48.2 cm³/mol. The molecular weight excluding hydrogens is 195 g/mol. The van der Waals surface area contributed by atoms with E-state index in [9.17, 15) is 4.39 Å². The molecule has 0 aliphatic rings. The third-order valence-electron chi connectivity index (χ3n) is 1.51. The van der Waals surface area contributed by atoms with Gasteiger partial charge in [0.2, 0.25) is 0 Å². The van der Waals surface area contributed by atoms with E-state index in [1.807, 2.05) is 0 Å². The highest BCUT2D eigenvalue weighted by atomic mass is 35.5. The highest BCUT2D eigenvalue weighted by Gasteiger charge is 2.02. The van der Waals surface area contributed by atoms with Crippen molar-refractivity contribution in [2.24, 2.45) is 0 Å². The minimum absolute atomic E-state index is 0.0603. The smallest absolute Gasteiger partial charge is 0.130 e. The number of hydrogen-bond donors (Lipinski definition) is 1. The van der Waals surface area contributed by atoms with Crippen LogP contribution in [0.5, 0.6) is 0 Å². The highest BCUT2D eigenvalue weighted by Crippen LogP contribution is 2.15. The first-order valence-electron chi connectivity index (χ1n) is 3.86. The van der Waals surface area contributed by atoms with E-state index in [2.05, 4.69) is 0 Å². The van der Waals surface area contributed by atoms with Crippen LogP contribution in [0.15, 0.2) is 18.2 Å². The molecule has 0 aliphatic carbocycles. The maximum absolute atomic E-state index is 13.1. The van der Waals surface area contributed by atoms with Gasteiger partial charge >= 0.3 is 0 Å². The number of halogens is 2. The average molecular weight is 205 g/mol. The third-order valence-corrected chi connectivity index (χ3v) is 1.74. The van der Waals surface area contributed by atoms with Crippen LogP contribution in [-0.4, -0.2) is 18.3 Å². The van der Waals surface area contributed by atoms with Gasteiger partial charge in [0.15, 0.2) is 0 Å². The first-order valence-corrected chi connectivity index (χ1v) is 4.24. The molecule has 0 atom stereocenters. The molecule has 1 aromatic carbocycles. The lowest BCUT2D eigenvalue weighted by Gasteiger charge is -2.03. The maximum atomic E-state index is 13.1. The second-order valence-electron chi connectivity index (χ2n) is 2.51. The van der Waals surface area contributed by atoms with E-state index < -0.39 is 0 Å². The Balaban J connectivity index is 2.56. The van der Waals surface area contributed by atoms with E-state index in [0.29, 0.717) is 10.6 Å². The Bertz CT molecular complexity index is 278. The second kappa shape index (κ2) is 5.17. The summed E-state index contributed by atoms with van der Waals surface area (Å²) in [4.78, 5) is 0. The Hall–Kier alpha value is -0.640. The molecule has 0 heterocycles. The summed E-state index contributed by atoms with van der Waals surface area (Å²) in [5.41, 5.74) is 0.442. The van der Waals surface area contributed by atoms with Crippen molar-refractivity contribution in [1.82, 2.24) is 0 Å². The number of benzene rings is 1. The molecule has 2 nitrogen and oxygen atoms in total. The summed E-state index contributed by atoms with van der Waals surface area (Å²) in [5, 5.41) is 8.78. The summed E-state index contributed by atoms with van der Waals surface area (Å²) >= 11 is 5.56. The van der Waals surface area contributed by atoms with Gasteiger partial charge < -0.3 is 9.84 Å². The normalized spacial score (nSPS) is 10.4. The lowest BCUT2D eigenvalue weighted by Crippen LogP contribution is -2.00. The van der Waals surface area contributed by atoms with Crippen LogP contribution in [-0.2, 0) is 11.3 Å². The van der Waals surface area contributed by atoms with Crippen molar-refractivity contribution in [3.05, 3.63) is 34.6 Å². The van der Waals surface area contributed by atoms with Crippen LogP contribution in [0.25, 0.3) is 0 Å². The van der Waals surface area contributed by atoms with Gasteiger partial charge in [-0.2, -0.15) is 0 Å². The summed E-state index contributed by atoms with van der Waals surface area (Å²) in [6, 6.07) is 4.40. The fourth-order valence-electron chi connectivity index (χ4n) is 0.885. The zero-order chi connectivity index (χ0) is 9.68. The fraction of sp³-hybridized carbons (Fsp3) is 0.333. The molecule has 0 unspecified atom stereocenters. The molecule has 0 aromatic heterocycles. The van der Waals surface area contributed by atoms with E-state index in [1.165, 1.54) is 6.07 Å². The SMILES string of the molecule is OCCOCc1ccc(Cl)cc1F. The van der Waals surface area contributed by atoms with Gasteiger partial charge in [-0.1, -0.05) is 17.7 Å². The first-order chi connectivity index (χ1) is 6.24. The third kappa shape index (κ3) is 3.30. The van der Waals surface area contributed by atoms with Crippen LogP contribution in [0.2, 0.25) is 5.02 Å². The minimum atomic E-state index is -0.384. The second-order valence-corrected chi connectivity index (χ2v) is 2.95. The Labute approximate surface area is 80.9 Å². The molecule has 1 rings (SSSR count). The zero-order valence-corrected chi connectivity index (χ0v) is 7.72. The molecule has 0 aliphatic heterocycles. The lowest BCUT2D eigenvalue weighted by molar-refractivity contribution is 0.0799. The van der Waals surface area contributed by atoms with Crippen molar-refractivity contribution in [1.29, 1.82) is 0 Å². The number of aliphatic hydroxyl groups is 1. The van der Waals surface area contributed by atoms with Gasteiger partial charge in [-0.3, -0.25) is 0 Å². The monoisotopic (exact) mass is 204 g/mol. The van der Waals surface area contributed by atoms with Gasteiger partial charge in [-0.15, -0.1) is 0 Å². The van der Waals surface area contributed by atoms with Crippen molar-refractivity contribution in [3.63, 3.8) is 0 Å². The van der Waals surface area contributed by atoms with Crippen LogP contribution in [0, 0.1) is 5.82 Å². The van der Waals surface area contributed by atoms with Gasteiger partial charge in [0.25, 0.3) is 0 Å². The molecular formula is C9H10ClFO2. The molecule has 1 aromatic rings. The van der Waals surface area contributed by atoms with Gasteiger partial charge in [0.1, 0.15) is 5.82 Å². The average Bonchev–Trinajstić information content (AvgIpc) is 2.09. The number of ether oxygens (including phenoxy) is 1. The number of hydrogen-bond acceptors (Lipinski definition) is 2. The van der Waals surface area contributed by atoms with Gasteiger partial charge in [0, 0.05) is 10.6 Å². The predicted octanol–water partition coefficient (Wildman–Crippen LogP) is 1.99. The van der Waals surface area contributed by atoms with Crippen LogP contribution in [0.4, 0.5) is 4.39 Å². The molecule has 0 amide bonds. The van der Waals surface area contributed by atoms with Crippen LogP contribution in [0.1, 0.15) is 5.56 Å². The molecule has 72 valence electrons. The first kappa shape index (κ1) is 10.4. The summed E-state index contributed by atoms with van der Waals surface area (Å²) in [5.74, 6) is -0.384. The number of aliphatic hydroxyl groups excluding tert-OH is 1. The Morgan fingerprint density at radius 1 is 1.46 bits per heavy atom. The van der Waals surface area contributed by atoms with Crippen LogP contribution < -0.4 is 0 Å². The molecule has 0 saturated carbocycles. The molecule has 0 spiro atoms. The van der Waals surface area contributed by atoms with E-state index in [-0.39, 0.29) is 25.6 Å². The molecule has 0 saturated heterocycles. The van der Waals surface area contributed by atoms with Crippen molar-refractivity contribution in [2.75, 3.05) is 13.2 Å². The largest absolute Gasteiger partial charge is 0.394 e. The molecule has 1 N–H and O–H groups in total. The van der Waals surface area contributed by atoms with E-state index in [1.54, 1.807) is 12.1 Å². The minimum Gasteiger partial charge on any atom is -0.394 e. The van der Waals surface area contributed by atoms with Gasteiger partial charge in [0.05, 0.1) is 19.8 Å². The Kier molecular flexibility index (Phi) is 4.15. The van der Waals surface area contributed by atoms with Crippen molar-refractivity contribution >= 4 is 11.6 Å². The quantitative estimate of drug-likeness (QED) is 0.761. The highest BCUT2D eigenvalue weighted by molar-refractivity contribution is 6.30. The summed E-state index contributed by atoms with van der Waals surface area (Å²) in [6.07, 6.45) is 0. The summed E-state index contributed by atoms with van der Waals surface area (Å²) in [6.45, 7) is 0.306. The van der Waals surface area contributed by atoms with Crippen molar-refractivity contribution in [3.8, 4) is 0 Å². The van der Waals surface area contributed by atoms with Crippen molar-refractivity contribution in [2.45, 2.75) is 6.61 Å². The summed E-state index contributed by atoms with van der Waals surface area (Å²) in [7, 11) is 0. The van der Waals surface area contributed by atoms with Gasteiger partial charge in [-0.25, -0.2) is 4.39 Å². The van der Waals surface area contributed by atoms with E-state index in [4.69, 9.17) is 21.4 Å². The summed E-state index contributed by atoms with van der Waals surface area (Å²) < 4.78 is 18.0. The van der Waals surface area contributed by atoms with E-state index >= 15 is 0 Å². The standard InChI is InChI=1S/C9H10ClFO2/c10-8-2-1-7(9(11)5-8)6-13-4-3-12/h1-2,5,12H,3-4,6H2. The maximum Gasteiger partial charge on any atom is 0.130 e. The molecule has 0 radical (unpaired) electrons. The van der Waals surface area contributed by atoms with Crippen molar-refractivity contribution < 1.29 is 14.2 Å². The Morgan fingerprint density at radius 3 is 2.85 bits per heavy atom. The topological polar surface area (TPSA) is 29.5 Å². The fourth-order valence-corrected chi connectivity index (χ4v) is 1.04. The van der Waals surface area contributed by atoms with Crippen LogP contribution >= 0.6 is 11.6 Å². The van der Waals surface area contributed by atoms with Gasteiger partial charge in [-0.05, 0) is 12.1 Å². The Morgan fingerprint density at radius 2 is 2.23 bits per heavy atom. The molecule has 0 fully saturated rings. The lowest BCUT2D eigenvalue weighted by atomic mass is 10.2. The molecule has 0 bridgehead atoms.